The summed E-state index contributed by atoms with van der Waals surface area (Å²) >= 11 is 0. The van der Waals surface area contributed by atoms with Gasteiger partial charge in [0.1, 0.15) is 0 Å². The van der Waals surface area contributed by atoms with Crippen LogP contribution in [-0.2, 0) is 14.3 Å². The van der Waals surface area contributed by atoms with Crippen molar-refractivity contribution in [2.45, 2.75) is 72.1 Å². The van der Waals surface area contributed by atoms with Gasteiger partial charge in [-0.1, -0.05) is 52.9 Å². The van der Waals surface area contributed by atoms with E-state index in [9.17, 15) is 9.59 Å². The molecule has 3 nitrogen and oxygen atoms in total. The van der Waals surface area contributed by atoms with E-state index in [4.69, 9.17) is 4.74 Å². The zero-order valence-corrected chi connectivity index (χ0v) is 11.5. The van der Waals surface area contributed by atoms with Crippen molar-refractivity contribution in [2.24, 2.45) is 5.92 Å². The summed E-state index contributed by atoms with van der Waals surface area (Å²) < 4.78 is 4.81. The van der Waals surface area contributed by atoms with Gasteiger partial charge in [-0.15, -0.1) is 0 Å². The van der Waals surface area contributed by atoms with Gasteiger partial charge in [-0.3, -0.25) is 9.59 Å². The van der Waals surface area contributed by atoms with Crippen LogP contribution in [0.4, 0.5) is 0 Å². The molecule has 0 heterocycles. The average molecular weight is 242 g/mol. The Morgan fingerprint density at radius 2 is 1.65 bits per heavy atom. The van der Waals surface area contributed by atoms with E-state index < -0.39 is 0 Å². The van der Waals surface area contributed by atoms with Crippen molar-refractivity contribution in [3.05, 3.63) is 0 Å². The Kier molecular flexibility index (Phi) is 9.78. The smallest absolute Gasteiger partial charge is 0.316 e. The fourth-order valence-electron chi connectivity index (χ4n) is 1.59. The molecule has 3 heteroatoms. The van der Waals surface area contributed by atoms with Crippen LogP contribution in [0.2, 0.25) is 0 Å². The van der Waals surface area contributed by atoms with Gasteiger partial charge in [0.15, 0.2) is 0 Å². The van der Waals surface area contributed by atoms with Crippen LogP contribution in [0.15, 0.2) is 0 Å². The highest BCUT2D eigenvalue weighted by molar-refractivity contribution is 5.86. The monoisotopic (exact) mass is 242 g/mol. The second-order valence-electron chi connectivity index (χ2n) is 4.65. The molecule has 0 amide bonds. The summed E-state index contributed by atoms with van der Waals surface area (Å²) in [6.45, 7) is 6.02. The summed E-state index contributed by atoms with van der Waals surface area (Å²) in [5.74, 6) is -0.886. The number of rotatable bonds is 9. The normalized spacial score (nSPS) is 12.2. The third-order valence-corrected chi connectivity index (χ3v) is 2.84. The first-order valence-electron chi connectivity index (χ1n) is 6.86. The van der Waals surface area contributed by atoms with Crippen molar-refractivity contribution in [3.8, 4) is 0 Å². The highest BCUT2D eigenvalue weighted by Crippen LogP contribution is 2.11. The molecular formula is C14H26O3. The number of unbranched alkanes of at least 4 members (excludes halogenated alkanes) is 4. The Morgan fingerprint density at radius 1 is 1.00 bits per heavy atom. The molecule has 0 N–H and O–H groups in total. The van der Waals surface area contributed by atoms with Gasteiger partial charge in [0.25, 0.3) is 0 Å². The van der Waals surface area contributed by atoms with Crippen LogP contribution in [0.25, 0.3) is 0 Å². The maximum absolute atomic E-state index is 11.5. The molecule has 0 aromatic carbocycles. The standard InChI is InChI=1S/C14H26O3/c1-4-6-8-9-11-13(15)17-14(16)12(3)10-7-5-2/h12H,4-11H2,1-3H3. The minimum absolute atomic E-state index is 0.158. The minimum atomic E-state index is -0.366. The van der Waals surface area contributed by atoms with Gasteiger partial charge in [-0.05, 0) is 12.8 Å². The fraction of sp³-hybridized carbons (Fsp3) is 0.857. The van der Waals surface area contributed by atoms with Crippen molar-refractivity contribution in [3.63, 3.8) is 0 Å². The van der Waals surface area contributed by atoms with Crippen LogP contribution >= 0.6 is 0 Å². The number of carbonyl (C=O) groups excluding carboxylic acids is 2. The molecule has 1 atom stereocenters. The zero-order valence-electron chi connectivity index (χ0n) is 11.5. The Balaban J connectivity index is 3.68. The van der Waals surface area contributed by atoms with E-state index in [1.165, 1.54) is 0 Å². The molecule has 0 aromatic rings. The van der Waals surface area contributed by atoms with Crippen LogP contribution in [0.3, 0.4) is 0 Å². The van der Waals surface area contributed by atoms with E-state index >= 15 is 0 Å². The fourth-order valence-corrected chi connectivity index (χ4v) is 1.59. The zero-order chi connectivity index (χ0) is 13.1. The molecular weight excluding hydrogens is 216 g/mol. The number of hydrogen-bond acceptors (Lipinski definition) is 3. The lowest BCUT2D eigenvalue weighted by molar-refractivity contribution is -0.162. The van der Waals surface area contributed by atoms with Crippen molar-refractivity contribution in [1.29, 1.82) is 0 Å². The quantitative estimate of drug-likeness (QED) is 0.350. The molecule has 17 heavy (non-hydrogen) atoms. The number of esters is 2. The largest absolute Gasteiger partial charge is 0.393 e. The summed E-state index contributed by atoms with van der Waals surface area (Å²) in [6, 6.07) is 0. The molecule has 0 rings (SSSR count). The predicted molar refractivity (Wildman–Crippen MR) is 68.5 cm³/mol. The van der Waals surface area contributed by atoms with Crippen molar-refractivity contribution >= 4 is 11.9 Å². The van der Waals surface area contributed by atoms with E-state index in [2.05, 4.69) is 13.8 Å². The van der Waals surface area contributed by atoms with E-state index in [0.717, 1.165) is 44.9 Å². The molecule has 1 unspecified atom stereocenters. The van der Waals surface area contributed by atoms with Crippen LogP contribution in [0.5, 0.6) is 0 Å². The first-order chi connectivity index (χ1) is 8.11. The Morgan fingerprint density at radius 3 is 2.24 bits per heavy atom. The first-order valence-corrected chi connectivity index (χ1v) is 6.86. The summed E-state index contributed by atoms with van der Waals surface area (Å²) in [4.78, 5) is 22.9. The molecule has 100 valence electrons. The summed E-state index contributed by atoms with van der Waals surface area (Å²) in [5, 5.41) is 0. The Bertz CT molecular complexity index is 224. The van der Waals surface area contributed by atoms with Gasteiger partial charge in [-0.2, -0.15) is 0 Å². The topological polar surface area (TPSA) is 43.4 Å². The van der Waals surface area contributed by atoms with E-state index in [0.29, 0.717) is 6.42 Å². The highest BCUT2D eigenvalue weighted by atomic mass is 16.6. The van der Waals surface area contributed by atoms with Gasteiger partial charge in [0.2, 0.25) is 0 Å². The lowest BCUT2D eigenvalue weighted by Crippen LogP contribution is -2.19. The molecule has 0 saturated carbocycles. The molecule has 0 bridgehead atoms. The first kappa shape index (κ1) is 16.1. The van der Waals surface area contributed by atoms with E-state index in [1.807, 2.05) is 6.92 Å². The van der Waals surface area contributed by atoms with Gasteiger partial charge in [-0.25, -0.2) is 0 Å². The van der Waals surface area contributed by atoms with Crippen molar-refractivity contribution < 1.29 is 14.3 Å². The molecule has 0 spiro atoms. The van der Waals surface area contributed by atoms with Gasteiger partial charge < -0.3 is 4.74 Å². The summed E-state index contributed by atoms with van der Waals surface area (Å²) in [7, 11) is 0. The third-order valence-electron chi connectivity index (χ3n) is 2.84. The molecule has 0 fully saturated rings. The maximum Gasteiger partial charge on any atom is 0.316 e. The number of ether oxygens (including phenoxy) is 1. The van der Waals surface area contributed by atoms with Crippen LogP contribution in [0, 0.1) is 5.92 Å². The SMILES string of the molecule is CCCCCCC(=O)OC(=O)C(C)CCCC. The highest BCUT2D eigenvalue weighted by Gasteiger charge is 2.17. The lowest BCUT2D eigenvalue weighted by Gasteiger charge is -2.09. The summed E-state index contributed by atoms with van der Waals surface area (Å²) in [6.07, 6.45) is 7.36. The number of hydrogen-bond donors (Lipinski definition) is 0. The predicted octanol–water partition coefficient (Wildman–Crippen LogP) is 3.85. The van der Waals surface area contributed by atoms with Gasteiger partial charge in [0.05, 0.1) is 5.92 Å². The summed E-state index contributed by atoms with van der Waals surface area (Å²) in [5.41, 5.74) is 0. The van der Waals surface area contributed by atoms with Crippen LogP contribution in [-0.4, -0.2) is 11.9 Å². The third kappa shape index (κ3) is 8.90. The lowest BCUT2D eigenvalue weighted by atomic mass is 10.1. The van der Waals surface area contributed by atoms with Crippen molar-refractivity contribution in [1.82, 2.24) is 0 Å². The molecule has 0 aromatic heterocycles. The number of carbonyl (C=O) groups is 2. The van der Waals surface area contributed by atoms with Gasteiger partial charge >= 0.3 is 11.9 Å². The van der Waals surface area contributed by atoms with E-state index in [-0.39, 0.29) is 17.9 Å². The molecule has 0 saturated heterocycles. The molecule has 0 aliphatic rings. The molecule has 0 aliphatic heterocycles. The van der Waals surface area contributed by atoms with Gasteiger partial charge in [0, 0.05) is 6.42 Å². The second-order valence-corrected chi connectivity index (χ2v) is 4.65. The Labute approximate surface area is 105 Å². The van der Waals surface area contributed by atoms with Crippen LogP contribution < -0.4 is 0 Å². The molecule has 0 aliphatic carbocycles. The van der Waals surface area contributed by atoms with E-state index in [1.54, 1.807) is 0 Å². The average Bonchev–Trinajstić information content (AvgIpc) is 2.31. The minimum Gasteiger partial charge on any atom is -0.393 e. The van der Waals surface area contributed by atoms with Crippen LogP contribution in [0.1, 0.15) is 72.1 Å². The van der Waals surface area contributed by atoms with Crippen molar-refractivity contribution in [2.75, 3.05) is 0 Å². The second kappa shape index (κ2) is 10.3. The Hall–Kier alpha value is -0.860. The molecule has 0 radical (unpaired) electrons. The maximum atomic E-state index is 11.5.